The molecule has 5 nitrogen and oxygen atoms in total. The average molecular weight is 255 g/mol. The van der Waals surface area contributed by atoms with Gasteiger partial charge < -0.3 is 10.4 Å². The summed E-state index contributed by atoms with van der Waals surface area (Å²) in [7, 11) is 0. The lowest BCUT2D eigenvalue weighted by atomic mass is 10.5. The van der Waals surface area contributed by atoms with Crippen LogP contribution in [0.4, 0.5) is 5.13 Å². The molecule has 0 saturated carbocycles. The van der Waals surface area contributed by atoms with Gasteiger partial charge in [0, 0.05) is 10.8 Å². The Morgan fingerprint density at radius 3 is 2.81 bits per heavy atom. The van der Waals surface area contributed by atoms with Crippen molar-refractivity contribution in [1.82, 2.24) is 9.97 Å². The van der Waals surface area contributed by atoms with Gasteiger partial charge in [-0.3, -0.25) is 0 Å². The summed E-state index contributed by atoms with van der Waals surface area (Å²) in [6.45, 7) is 2.43. The van der Waals surface area contributed by atoms with Gasteiger partial charge in [0.15, 0.2) is 10.8 Å². The van der Waals surface area contributed by atoms with Gasteiger partial charge in [-0.1, -0.05) is 0 Å². The van der Waals surface area contributed by atoms with Gasteiger partial charge in [-0.2, -0.15) is 0 Å². The Kier molecular flexibility index (Phi) is 3.16. The van der Waals surface area contributed by atoms with Crippen LogP contribution in [0.15, 0.2) is 10.8 Å². The smallest absolute Gasteiger partial charge is 0.355 e. The van der Waals surface area contributed by atoms with E-state index in [0.717, 1.165) is 15.8 Å². The number of aromatic carboxylic acids is 1. The zero-order chi connectivity index (χ0) is 11.5. The van der Waals surface area contributed by atoms with Crippen LogP contribution < -0.4 is 5.32 Å². The first-order valence-corrected chi connectivity index (χ1v) is 6.25. The van der Waals surface area contributed by atoms with Crippen LogP contribution in [0.2, 0.25) is 0 Å². The van der Waals surface area contributed by atoms with Crippen molar-refractivity contribution in [2.45, 2.75) is 13.5 Å². The fourth-order valence-electron chi connectivity index (χ4n) is 1.08. The Labute approximate surface area is 99.8 Å². The van der Waals surface area contributed by atoms with E-state index in [1.54, 1.807) is 0 Å². The summed E-state index contributed by atoms with van der Waals surface area (Å²) in [6, 6.07) is 0. The second-order valence-corrected chi connectivity index (χ2v) is 4.88. The van der Waals surface area contributed by atoms with Gasteiger partial charge in [0.1, 0.15) is 5.01 Å². The van der Waals surface area contributed by atoms with E-state index in [0.29, 0.717) is 6.54 Å². The van der Waals surface area contributed by atoms with Crippen molar-refractivity contribution in [3.8, 4) is 0 Å². The summed E-state index contributed by atoms with van der Waals surface area (Å²) in [5.41, 5.74) is 1.06. The minimum atomic E-state index is -0.993. The Morgan fingerprint density at radius 1 is 1.44 bits per heavy atom. The van der Waals surface area contributed by atoms with Crippen molar-refractivity contribution in [1.29, 1.82) is 0 Å². The molecule has 0 amide bonds. The number of thiazole rings is 2. The van der Waals surface area contributed by atoms with Crippen molar-refractivity contribution < 1.29 is 9.90 Å². The minimum absolute atomic E-state index is 0.0946. The molecule has 0 aliphatic carbocycles. The van der Waals surface area contributed by atoms with Gasteiger partial charge >= 0.3 is 5.97 Å². The van der Waals surface area contributed by atoms with Crippen molar-refractivity contribution in [2.24, 2.45) is 0 Å². The van der Waals surface area contributed by atoms with E-state index in [1.165, 1.54) is 28.1 Å². The highest BCUT2D eigenvalue weighted by atomic mass is 32.1. The maximum absolute atomic E-state index is 10.6. The number of nitrogens with zero attached hydrogens (tertiary/aromatic N) is 2. The molecule has 16 heavy (non-hydrogen) atoms. The fourth-order valence-corrected chi connectivity index (χ4v) is 2.47. The number of carbonyl (C=O) groups is 1. The number of rotatable bonds is 4. The maximum atomic E-state index is 10.6. The molecule has 2 heterocycles. The highest BCUT2D eigenvalue weighted by Crippen LogP contribution is 2.17. The van der Waals surface area contributed by atoms with Gasteiger partial charge in [0.2, 0.25) is 0 Å². The molecule has 7 heteroatoms. The molecule has 0 unspecified atom stereocenters. The molecule has 0 fully saturated rings. The van der Waals surface area contributed by atoms with Crippen LogP contribution in [-0.4, -0.2) is 21.0 Å². The summed E-state index contributed by atoms with van der Waals surface area (Å²) in [6.07, 6.45) is 0. The molecular formula is C9H9N3O2S2. The Bertz CT molecular complexity index is 506. The number of aromatic nitrogens is 2. The molecular weight excluding hydrogens is 246 g/mol. The summed E-state index contributed by atoms with van der Waals surface area (Å²) in [5, 5.41) is 16.8. The van der Waals surface area contributed by atoms with Crippen LogP contribution in [0, 0.1) is 6.92 Å². The quantitative estimate of drug-likeness (QED) is 0.876. The van der Waals surface area contributed by atoms with Crippen LogP contribution in [-0.2, 0) is 6.54 Å². The third kappa shape index (κ3) is 2.56. The molecule has 0 radical (unpaired) electrons. The molecule has 0 saturated heterocycles. The summed E-state index contributed by atoms with van der Waals surface area (Å²) in [5.74, 6) is -0.993. The average Bonchev–Trinajstić information content (AvgIpc) is 2.83. The lowest BCUT2D eigenvalue weighted by Crippen LogP contribution is -2.01. The van der Waals surface area contributed by atoms with Crippen LogP contribution in [0.1, 0.15) is 21.2 Å². The van der Waals surface area contributed by atoms with Crippen LogP contribution in [0.25, 0.3) is 0 Å². The monoisotopic (exact) mass is 255 g/mol. The highest BCUT2D eigenvalue weighted by molar-refractivity contribution is 7.13. The second kappa shape index (κ2) is 4.58. The van der Waals surface area contributed by atoms with E-state index < -0.39 is 5.97 Å². The number of nitrogens with one attached hydrogen (secondary N) is 1. The first-order valence-electron chi connectivity index (χ1n) is 4.49. The Morgan fingerprint density at radius 2 is 2.25 bits per heavy atom. The van der Waals surface area contributed by atoms with Crippen molar-refractivity contribution >= 4 is 33.8 Å². The number of carboxylic acid groups (broad SMARTS) is 1. The van der Waals surface area contributed by atoms with Crippen molar-refractivity contribution in [2.75, 3.05) is 5.32 Å². The van der Waals surface area contributed by atoms with Crippen LogP contribution >= 0.6 is 22.7 Å². The second-order valence-electron chi connectivity index (χ2n) is 3.08. The molecule has 0 spiro atoms. The van der Waals surface area contributed by atoms with Gasteiger partial charge in [-0.05, 0) is 6.92 Å². The van der Waals surface area contributed by atoms with Gasteiger partial charge in [-0.25, -0.2) is 14.8 Å². The van der Waals surface area contributed by atoms with Crippen LogP contribution in [0.5, 0.6) is 0 Å². The molecule has 2 aromatic heterocycles. The molecule has 0 aliphatic rings. The van der Waals surface area contributed by atoms with E-state index in [-0.39, 0.29) is 5.69 Å². The van der Waals surface area contributed by atoms with E-state index in [4.69, 9.17) is 5.11 Å². The molecule has 0 atom stereocenters. The predicted molar refractivity (Wildman–Crippen MR) is 63.3 cm³/mol. The fraction of sp³-hybridized carbons (Fsp3) is 0.222. The third-order valence-corrected chi connectivity index (χ3v) is 3.55. The predicted octanol–water partition coefficient (Wildman–Crippen LogP) is 2.22. The van der Waals surface area contributed by atoms with E-state index in [1.807, 2.05) is 12.3 Å². The van der Waals surface area contributed by atoms with Crippen molar-refractivity contribution in [3.05, 3.63) is 27.2 Å². The molecule has 2 N–H and O–H groups in total. The zero-order valence-corrected chi connectivity index (χ0v) is 10.1. The first-order chi connectivity index (χ1) is 7.65. The molecule has 84 valence electrons. The van der Waals surface area contributed by atoms with E-state index >= 15 is 0 Å². The summed E-state index contributed by atoms with van der Waals surface area (Å²) in [4.78, 5) is 18.8. The molecule has 2 aromatic rings. The maximum Gasteiger partial charge on any atom is 0.355 e. The standard InChI is InChI=1S/C9H9N3O2S2/c1-5-3-16-9(11-5)10-2-7-12-6(4-15-7)8(13)14/h3-4H,2H2,1H3,(H,10,11)(H,13,14). The molecule has 0 aromatic carbocycles. The minimum Gasteiger partial charge on any atom is -0.476 e. The largest absolute Gasteiger partial charge is 0.476 e. The number of carboxylic acids is 1. The lowest BCUT2D eigenvalue weighted by molar-refractivity contribution is 0.0691. The third-order valence-electron chi connectivity index (χ3n) is 1.78. The molecule has 0 aliphatic heterocycles. The SMILES string of the molecule is Cc1csc(NCc2nc(C(=O)O)cs2)n1. The highest BCUT2D eigenvalue weighted by Gasteiger charge is 2.08. The van der Waals surface area contributed by atoms with Gasteiger partial charge in [0.25, 0.3) is 0 Å². The van der Waals surface area contributed by atoms with E-state index in [9.17, 15) is 4.79 Å². The topological polar surface area (TPSA) is 75.1 Å². The Hall–Kier alpha value is -1.47. The molecule has 0 bridgehead atoms. The zero-order valence-electron chi connectivity index (χ0n) is 8.43. The number of anilines is 1. The summed E-state index contributed by atoms with van der Waals surface area (Å²) >= 11 is 2.85. The number of hydrogen-bond acceptors (Lipinski definition) is 6. The Balaban J connectivity index is 1.97. The number of hydrogen-bond donors (Lipinski definition) is 2. The van der Waals surface area contributed by atoms with E-state index in [2.05, 4.69) is 15.3 Å². The van der Waals surface area contributed by atoms with Gasteiger partial charge in [-0.15, -0.1) is 22.7 Å². The van der Waals surface area contributed by atoms with Gasteiger partial charge in [0.05, 0.1) is 12.2 Å². The summed E-state index contributed by atoms with van der Waals surface area (Å²) < 4.78 is 0. The normalized spacial score (nSPS) is 10.3. The van der Waals surface area contributed by atoms with Crippen molar-refractivity contribution in [3.63, 3.8) is 0 Å². The number of aryl methyl sites for hydroxylation is 1. The molecule has 2 rings (SSSR count). The first kappa shape index (κ1) is 11.0. The lowest BCUT2D eigenvalue weighted by Gasteiger charge is -1.97. The van der Waals surface area contributed by atoms with Crippen LogP contribution in [0.3, 0.4) is 0 Å².